The lowest BCUT2D eigenvalue weighted by atomic mass is 10.2. The van der Waals surface area contributed by atoms with Crippen molar-refractivity contribution < 1.29 is 27.5 Å². The molecule has 32 heavy (non-hydrogen) atoms. The molecule has 0 bridgehead atoms. The number of alkyl halides is 3. The minimum atomic E-state index is -4.45. The Balaban J connectivity index is 1.57. The lowest BCUT2D eigenvalue weighted by Gasteiger charge is -2.12. The van der Waals surface area contributed by atoms with Gasteiger partial charge in [0.2, 0.25) is 0 Å². The zero-order valence-electron chi connectivity index (χ0n) is 16.7. The van der Waals surface area contributed by atoms with Crippen LogP contribution in [0.5, 0.6) is 11.5 Å². The highest BCUT2D eigenvalue weighted by molar-refractivity contribution is 5.92. The molecule has 0 saturated heterocycles. The number of urea groups is 1. The van der Waals surface area contributed by atoms with E-state index < -0.39 is 17.8 Å². The molecular formula is C21H18F3N5O3. The van der Waals surface area contributed by atoms with E-state index in [9.17, 15) is 22.8 Å². The molecule has 0 spiro atoms. The van der Waals surface area contributed by atoms with Crippen LogP contribution in [-0.2, 0) is 6.18 Å². The van der Waals surface area contributed by atoms with Crippen LogP contribution in [0, 0.1) is 0 Å². The first kappa shape index (κ1) is 22.4. The van der Waals surface area contributed by atoms with Crippen molar-refractivity contribution in [2.45, 2.75) is 6.18 Å². The van der Waals surface area contributed by atoms with Crippen molar-refractivity contribution >= 4 is 23.3 Å². The molecule has 0 aliphatic carbocycles. The Morgan fingerprint density at radius 2 is 1.66 bits per heavy atom. The molecule has 1 heterocycles. The van der Waals surface area contributed by atoms with Crippen LogP contribution in [0.15, 0.2) is 66.9 Å². The fourth-order valence-corrected chi connectivity index (χ4v) is 2.53. The monoisotopic (exact) mass is 445 g/mol. The third-order valence-electron chi connectivity index (χ3n) is 4.05. The summed E-state index contributed by atoms with van der Waals surface area (Å²) in [7, 11) is 1.49. The molecule has 4 N–H and O–H groups in total. The Kier molecular flexibility index (Phi) is 6.78. The van der Waals surface area contributed by atoms with Gasteiger partial charge in [0, 0.05) is 31.1 Å². The molecular weight excluding hydrogens is 427 g/mol. The molecule has 0 unspecified atom stereocenters. The molecule has 0 aliphatic heterocycles. The highest BCUT2D eigenvalue weighted by atomic mass is 19.4. The fraction of sp³-hybridized carbons (Fsp3) is 0.0952. The van der Waals surface area contributed by atoms with Crippen LogP contribution in [0.1, 0.15) is 16.1 Å². The Morgan fingerprint density at radius 3 is 2.34 bits per heavy atom. The predicted molar refractivity (Wildman–Crippen MR) is 111 cm³/mol. The van der Waals surface area contributed by atoms with E-state index in [1.807, 2.05) is 0 Å². The van der Waals surface area contributed by atoms with Gasteiger partial charge in [-0.15, -0.1) is 0 Å². The maximum Gasteiger partial charge on any atom is 0.416 e. The number of ether oxygens (including phenoxy) is 1. The molecule has 166 valence electrons. The summed E-state index contributed by atoms with van der Waals surface area (Å²) in [6.07, 6.45) is -3.01. The summed E-state index contributed by atoms with van der Waals surface area (Å²) in [6, 6.07) is 13.0. The Bertz CT molecular complexity index is 1100. The Labute approximate surface area is 180 Å². The summed E-state index contributed by atoms with van der Waals surface area (Å²) in [5.74, 6) is 0.465. The normalized spacial score (nSPS) is 10.8. The number of carbonyl (C=O) groups excluding carboxylic acids is 2. The van der Waals surface area contributed by atoms with Gasteiger partial charge in [-0.05, 0) is 42.5 Å². The van der Waals surface area contributed by atoms with Crippen molar-refractivity contribution in [3.05, 3.63) is 78.1 Å². The van der Waals surface area contributed by atoms with E-state index in [2.05, 4.69) is 26.5 Å². The number of nitrogens with one attached hydrogen (secondary N) is 4. The Hall–Kier alpha value is -4.28. The van der Waals surface area contributed by atoms with Crippen LogP contribution >= 0.6 is 0 Å². The van der Waals surface area contributed by atoms with Gasteiger partial charge in [-0.1, -0.05) is 6.07 Å². The number of nitrogens with zero attached hydrogens (tertiary/aromatic N) is 1. The minimum absolute atomic E-state index is 0.194. The number of benzene rings is 2. The van der Waals surface area contributed by atoms with Crippen molar-refractivity contribution in [1.82, 2.24) is 15.7 Å². The lowest BCUT2D eigenvalue weighted by molar-refractivity contribution is -0.137. The number of carbonyl (C=O) groups is 2. The van der Waals surface area contributed by atoms with E-state index in [4.69, 9.17) is 4.74 Å². The zero-order valence-corrected chi connectivity index (χ0v) is 16.7. The van der Waals surface area contributed by atoms with Gasteiger partial charge in [0.15, 0.2) is 0 Å². The molecule has 0 radical (unpaired) electrons. The van der Waals surface area contributed by atoms with Crippen LogP contribution in [0.2, 0.25) is 0 Å². The SMILES string of the molecule is CNC(=O)c1cc(Oc2cccc(NNC(=O)Nc3ccc(C(F)(F)F)cc3)c2)ccn1. The quantitative estimate of drug-likeness (QED) is 0.421. The molecule has 2 aromatic carbocycles. The number of hydrogen-bond acceptors (Lipinski definition) is 5. The second-order valence-electron chi connectivity index (χ2n) is 6.37. The van der Waals surface area contributed by atoms with Gasteiger partial charge in [0.1, 0.15) is 17.2 Å². The third kappa shape index (κ3) is 6.11. The molecule has 0 fully saturated rings. The average molecular weight is 445 g/mol. The molecule has 0 atom stereocenters. The van der Waals surface area contributed by atoms with Gasteiger partial charge >= 0.3 is 12.2 Å². The van der Waals surface area contributed by atoms with Crippen molar-refractivity contribution in [2.75, 3.05) is 17.8 Å². The average Bonchev–Trinajstić information content (AvgIpc) is 2.77. The summed E-state index contributed by atoms with van der Waals surface area (Å²) in [4.78, 5) is 27.6. The van der Waals surface area contributed by atoms with Crippen LogP contribution in [-0.4, -0.2) is 24.0 Å². The number of pyridine rings is 1. The highest BCUT2D eigenvalue weighted by Gasteiger charge is 2.29. The number of halogens is 3. The van der Waals surface area contributed by atoms with E-state index in [0.29, 0.717) is 17.2 Å². The lowest BCUT2D eigenvalue weighted by Crippen LogP contribution is -2.33. The molecule has 0 saturated carbocycles. The van der Waals surface area contributed by atoms with Gasteiger partial charge in [-0.2, -0.15) is 13.2 Å². The number of aromatic nitrogens is 1. The Morgan fingerprint density at radius 1 is 0.938 bits per heavy atom. The number of hydrazine groups is 1. The molecule has 11 heteroatoms. The van der Waals surface area contributed by atoms with Crippen molar-refractivity contribution in [3.8, 4) is 11.5 Å². The predicted octanol–water partition coefficient (Wildman–Crippen LogP) is 4.40. The molecule has 3 rings (SSSR count). The maximum absolute atomic E-state index is 12.6. The number of amides is 3. The summed E-state index contributed by atoms with van der Waals surface area (Å²) >= 11 is 0. The van der Waals surface area contributed by atoms with E-state index >= 15 is 0 Å². The zero-order chi connectivity index (χ0) is 23.1. The number of anilines is 2. The van der Waals surface area contributed by atoms with Gasteiger partial charge in [0.25, 0.3) is 5.91 Å². The summed E-state index contributed by atoms with van der Waals surface area (Å²) in [6.45, 7) is 0. The second-order valence-corrected chi connectivity index (χ2v) is 6.37. The maximum atomic E-state index is 12.6. The first-order chi connectivity index (χ1) is 15.2. The van der Waals surface area contributed by atoms with Gasteiger partial charge in [-0.25, -0.2) is 4.79 Å². The first-order valence-electron chi connectivity index (χ1n) is 9.21. The van der Waals surface area contributed by atoms with E-state index in [-0.39, 0.29) is 17.3 Å². The van der Waals surface area contributed by atoms with Crippen LogP contribution in [0.25, 0.3) is 0 Å². The van der Waals surface area contributed by atoms with Gasteiger partial charge in [-0.3, -0.25) is 20.6 Å². The third-order valence-corrected chi connectivity index (χ3v) is 4.05. The van der Waals surface area contributed by atoms with E-state index in [0.717, 1.165) is 24.3 Å². The van der Waals surface area contributed by atoms with E-state index in [1.54, 1.807) is 30.3 Å². The largest absolute Gasteiger partial charge is 0.457 e. The van der Waals surface area contributed by atoms with Crippen LogP contribution in [0.3, 0.4) is 0 Å². The summed E-state index contributed by atoms with van der Waals surface area (Å²) in [5.41, 5.74) is 5.10. The molecule has 3 aromatic rings. The van der Waals surface area contributed by atoms with Crippen molar-refractivity contribution in [1.29, 1.82) is 0 Å². The van der Waals surface area contributed by atoms with Crippen molar-refractivity contribution in [2.24, 2.45) is 0 Å². The van der Waals surface area contributed by atoms with Crippen LogP contribution < -0.4 is 26.2 Å². The topological polar surface area (TPSA) is 104 Å². The second kappa shape index (κ2) is 9.69. The van der Waals surface area contributed by atoms with Crippen molar-refractivity contribution in [3.63, 3.8) is 0 Å². The smallest absolute Gasteiger partial charge is 0.416 e. The van der Waals surface area contributed by atoms with E-state index in [1.165, 1.54) is 19.3 Å². The molecule has 0 aliphatic rings. The van der Waals surface area contributed by atoms with Gasteiger partial charge < -0.3 is 15.4 Å². The fourth-order valence-electron chi connectivity index (χ4n) is 2.53. The van der Waals surface area contributed by atoms with Crippen LogP contribution in [0.4, 0.5) is 29.3 Å². The highest BCUT2D eigenvalue weighted by Crippen LogP contribution is 2.29. The minimum Gasteiger partial charge on any atom is -0.457 e. The number of hydrogen-bond donors (Lipinski definition) is 4. The summed E-state index contributed by atoms with van der Waals surface area (Å²) < 4.78 is 43.5. The number of rotatable bonds is 6. The first-order valence-corrected chi connectivity index (χ1v) is 9.21. The molecule has 3 amide bonds. The molecule has 8 nitrogen and oxygen atoms in total. The van der Waals surface area contributed by atoms with Gasteiger partial charge in [0.05, 0.1) is 11.3 Å². The molecule has 1 aromatic heterocycles. The standard InChI is InChI=1S/C21H18F3N5O3/c1-25-19(30)18-12-17(9-10-26-18)32-16-4-2-3-15(11-16)28-29-20(31)27-14-7-5-13(6-8-14)21(22,23)24/h2-12,28H,1H3,(H,25,30)(H2,27,29,31). The summed E-state index contributed by atoms with van der Waals surface area (Å²) in [5, 5.41) is 4.88.